The number of amides is 1. The first kappa shape index (κ1) is 18.8. The highest BCUT2D eigenvalue weighted by atomic mass is 19.1. The highest BCUT2D eigenvalue weighted by Crippen LogP contribution is 2.29. The zero-order valence-corrected chi connectivity index (χ0v) is 15.8. The maximum atomic E-state index is 14.0. The smallest absolute Gasteiger partial charge is 0.409 e. The molecule has 0 spiro atoms. The molecule has 1 amide bonds. The van der Waals surface area contributed by atoms with Crippen LogP contribution in [-0.4, -0.2) is 63.9 Å². The van der Waals surface area contributed by atoms with Gasteiger partial charge in [-0.2, -0.15) is 4.98 Å². The van der Waals surface area contributed by atoms with Crippen molar-refractivity contribution in [1.82, 2.24) is 25.0 Å². The molecule has 1 aliphatic rings. The summed E-state index contributed by atoms with van der Waals surface area (Å²) < 4.78 is 24.4. The van der Waals surface area contributed by atoms with Crippen molar-refractivity contribution < 1.29 is 18.4 Å². The highest BCUT2D eigenvalue weighted by Gasteiger charge is 2.26. The summed E-state index contributed by atoms with van der Waals surface area (Å²) in [5.74, 6) is 0.540. The second-order valence-corrected chi connectivity index (χ2v) is 6.34. The molecule has 0 atom stereocenters. The molecule has 1 aromatic carbocycles. The summed E-state index contributed by atoms with van der Waals surface area (Å²) in [4.78, 5) is 28.3. The normalized spacial score (nSPS) is 14.1. The van der Waals surface area contributed by atoms with Gasteiger partial charge < -0.3 is 19.1 Å². The van der Waals surface area contributed by atoms with E-state index in [-0.39, 0.29) is 23.4 Å². The van der Waals surface area contributed by atoms with Gasteiger partial charge in [-0.3, -0.25) is 0 Å². The van der Waals surface area contributed by atoms with E-state index >= 15 is 0 Å². The molecule has 29 heavy (non-hydrogen) atoms. The van der Waals surface area contributed by atoms with Gasteiger partial charge in [0.05, 0.1) is 12.2 Å². The minimum Gasteiger partial charge on any atom is -0.450 e. The van der Waals surface area contributed by atoms with Gasteiger partial charge in [0, 0.05) is 32.4 Å². The third kappa shape index (κ3) is 3.86. The first-order valence-electron chi connectivity index (χ1n) is 9.23. The van der Waals surface area contributed by atoms with E-state index < -0.39 is 5.82 Å². The number of anilines is 1. The van der Waals surface area contributed by atoms with Crippen LogP contribution < -0.4 is 4.90 Å². The van der Waals surface area contributed by atoms with Crippen molar-refractivity contribution in [3.8, 4) is 22.8 Å². The lowest BCUT2D eigenvalue weighted by atomic mass is 10.2. The van der Waals surface area contributed by atoms with E-state index in [1.807, 2.05) is 4.90 Å². The summed E-state index contributed by atoms with van der Waals surface area (Å²) in [5.41, 5.74) is 0.802. The van der Waals surface area contributed by atoms with E-state index in [0.29, 0.717) is 44.2 Å². The number of piperazine rings is 1. The number of halogens is 1. The Bertz CT molecular complexity index is 1000. The summed E-state index contributed by atoms with van der Waals surface area (Å²) >= 11 is 0. The molecule has 0 radical (unpaired) electrons. The Kier molecular flexibility index (Phi) is 5.32. The molecule has 0 saturated carbocycles. The number of rotatable bonds is 4. The van der Waals surface area contributed by atoms with Gasteiger partial charge >= 0.3 is 6.09 Å². The van der Waals surface area contributed by atoms with Crippen LogP contribution in [0.2, 0.25) is 0 Å². The van der Waals surface area contributed by atoms with Crippen LogP contribution in [0, 0.1) is 5.82 Å². The highest BCUT2D eigenvalue weighted by molar-refractivity contribution is 5.71. The van der Waals surface area contributed by atoms with Crippen molar-refractivity contribution in [2.45, 2.75) is 6.92 Å². The van der Waals surface area contributed by atoms with Crippen LogP contribution in [0.5, 0.6) is 0 Å². The van der Waals surface area contributed by atoms with Crippen molar-refractivity contribution in [3.63, 3.8) is 0 Å². The summed E-state index contributed by atoms with van der Waals surface area (Å²) in [5, 5.41) is 3.90. The van der Waals surface area contributed by atoms with E-state index in [4.69, 9.17) is 9.26 Å². The molecule has 0 N–H and O–H groups in total. The summed E-state index contributed by atoms with van der Waals surface area (Å²) in [6.07, 6.45) is 2.70. The lowest BCUT2D eigenvalue weighted by molar-refractivity contribution is 0.105. The quantitative estimate of drug-likeness (QED) is 0.662. The van der Waals surface area contributed by atoms with Crippen LogP contribution in [0.1, 0.15) is 6.92 Å². The largest absolute Gasteiger partial charge is 0.450 e. The van der Waals surface area contributed by atoms with Crippen molar-refractivity contribution in [3.05, 3.63) is 42.6 Å². The number of hydrogen-bond acceptors (Lipinski definition) is 8. The molecule has 10 heteroatoms. The first-order chi connectivity index (χ1) is 14.2. The monoisotopic (exact) mass is 398 g/mol. The van der Waals surface area contributed by atoms with Crippen molar-refractivity contribution >= 4 is 11.9 Å². The average molecular weight is 398 g/mol. The molecule has 1 aliphatic heterocycles. The lowest BCUT2D eigenvalue weighted by Gasteiger charge is -2.35. The molecule has 1 fully saturated rings. The molecule has 3 heterocycles. The molecule has 9 nitrogen and oxygen atoms in total. The summed E-state index contributed by atoms with van der Waals surface area (Å²) in [6.45, 7) is 4.27. The van der Waals surface area contributed by atoms with E-state index in [2.05, 4.69) is 20.1 Å². The molecule has 4 rings (SSSR count). The topological polar surface area (TPSA) is 97.5 Å². The fourth-order valence-electron chi connectivity index (χ4n) is 3.13. The van der Waals surface area contributed by atoms with Crippen LogP contribution in [0.25, 0.3) is 22.8 Å². The Hall–Kier alpha value is -3.56. The zero-order chi connectivity index (χ0) is 20.2. The molecule has 0 unspecified atom stereocenters. The van der Waals surface area contributed by atoms with Crippen LogP contribution in [0.15, 0.2) is 41.3 Å². The number of hydrogen-bond donors (Lipinski definition) is 0. The van der Waals surface area contributed by atoms with E-state index in [9.17, 15) is 9.18 Å². The van der Waals surface area contributed by atoms with Gasteiger partial charge in [-0.25, -0.2) is 19.2 Å². The molecule has 0 aliphatic carbocycles. The Morgan fingerprint density at radius 2 is 2.00 bits per heavy atom. The fraction of sp³-hybridized carbons (Fsp3) is 0.316. The zero-order valence-electron chi connectivity index (χ0n) is 15.8. The van der Waals surface area contributed by atoms with Crippen LogP contribution in [0.3, 0.4) is 0 Å². The SMILES string of the molecule is CCOC(=O)N1CCN(c2ncncc2-c2nc(-c3ccccc3F)no2)CC1. The van der Waals surface area contributed by atoms with E-state index in [1.165, 1.54) is 12.4 Å². The molecule has 1 saturated heterocycles. The maximum Gasteiger partial charge on any atom is 0.409 e. The maximum absolute atomic E-state index is 14.0. The van der Waals surface area contributed by atoms with Crippen molar-refractivity contribution in [1.29, 1.82) is 0 Å². The predicted octanol–water partition coefficient (Wildman–Crippen LogP) is 2.61. The number of carbonyl (C=O) groups excluding carboxylic acids is 1. The van der Waals surface area contributed by atoms with Crippen molar-refractivity contribution in [2.75, 3.05) is 37.7 Å². The van der Waals surface area contributed by atoms with Gasteiger partial charge in [0.15, 0.2) is 0 Å². The van der Waals surface area contributed by atoms with E-state index in [0.717, 1.165) is 0 Å². The van der Waals surface area contributed by atoms with Crippen LogP contribution >= 0.6 is 0 Å². The molecule has 2 aromatic heterocycles. The summed E-state index contributed by atoms with van der Waals surface area (Å²) in [6, 6.07) is 6.22. The van der Waals surface area contributed by atoms with Gasteiger partial charge in [-0.1, -0.05) is 17.3 Å². The number of carbonyl (C=O) groups is 1. The minimum absolute atomic E-state index is 0.153. The standard InChI is InChI=1S/C19H19FN6O3/c1-2-28-19(27)26-9-7-25(8-10-26)17-14(11-21-12-22-17)18-23-16(24-29-18)13-5-3-4-6-15(13)20/h3-6,11-12H,2,7-10H2,1H3. The Labute approximate surface area is 166 Å². The first-order valence-corrected chi connectivity index (χ1v) is 9.23. The number of ether oxygens (including phenoxy) is 1. The number of benzene rings is 1. The fourth-order valence-corrected chi connectivity index (χ4v) is 3.13. The van der Waals surface area contributed by atoms with Gasteiger partial charge in [0.25, 0.3) is 5.89 Å². The van der Waals surface area contributed by atoms with Crippen molar-refractivity contribution in [2.24, 2.45) is 0 Å². The molecular weight excluding hydrogens is 379 g/mol. The van der Waals surface area contributed by atoms with Gasteiger partial charge in [0.2, 0.25) is 5.82 Å². The van der Waals surface area contributed by atoms with Crippen LogP contribution in [0.4, 0.5) is 15.0 Å². The Balaban J connectivity index is 1.56. The average Bonchev–Trinajstić information content (AvgIpc) is 3.24. The Morgan fingerprint density at radius 1 is 1.21 bits per heavy atom. The third-order valence-electron chi connectivity index (χ3n) is 4.57. The lowest BCUT2D eigenvalue weighted by Crippen LogP contribution is -2.49. The summed E-state index contributed by atoms with van der Waals surface area (Å²) in [7, 11) is 0. The molecule has 150 valence electrons. The molecular formula is C19H19FN6O3. The second kappa shape index (κ2) is 8.21. The van der Waals surface area contributed by atoms with Gasteiger partial charge in [0.1, 0.15) is 23.5 Å². The Morgan fingerprint density at radius 3 is 2.76 bits per heavy atom. The van der Waals surface area contributed by atoms with Gasteiger partial charge in [-0.05, 0) is 19.1 Å². The van der Waals surface area contributed by atoms with Crippen LogP contribution in [-0.2, 0) is 4.74 Å². The number of nitrogens with zero attached hydrogens (tertiary/aromatic N) is 6. The number of aromatic nitrogens is 4. The minimum atomic E-state index is -0.431. The predicted molar refractivity (Wildman–Crippen MR) is 102 cm³/mol. The van der Waals surface area contributed by atoms with Gasteiger partial charge in [-0.15, -0.1) is 0 Å². The molecule has 0 bridgehead atoms. The third-order valence-corrected chi connectivity index (χ3v) is 4.57. The van der Waals surface area contributed by atoms with E-state index in [1.54, 1.807) is 36.2 Å². The second-order valence-electron chi connectivity index (χ2n) is 6.34. The molecule has 3 aromatic rings.